The first-order valence-corrected chi connectivity index (χ1v) is 3.84. The van der Waals surface area contributed by atoms with Crippen LogP contribution < -0.4 is 0 Å². The maximum atomic E-state index is 9.47. The number of aryl methyl sites for hydroxylation is 1. The van der Waals surface area contributed by atoms with Gasteiger partial charge in [-0.15, -0.1) is 0 Å². The lowest BCUT2D eigenvalue weighted by molar-refractivity contribution is 0.172. The van der Waals surface area contributed by atoms with Gasteiger partial charge in [-0.1, -0.05) is 6.92 Å². The molecule has 1 atom stereocenters. The summed E-state index contributed by atoms with van der Waals surface area (Å²) in [5, 5.41) is 9.47. The van der Waals surface area contributed by atoms with E-state index in [0.29, 0.717) is 0 Å². The van der Waals surface area contributed by atoms with Gasteiger partial charge in [-0.3, -0.25) is 4.98 Å². The molecular formula is C9H13NO. The Morgan fingerprint density at radius 3 is 2.91 bits per heavy atom. The Bertz CT molecular complexity index is 235. The van der Waals surface area contributed by atoms with Gasteiger partial charge >= 0.3 is 0 Å². The first kappa shape index (κ1) is 8.21. The van der Waals surface area contributed by atoms with Crippen LogP contribution in [0.3, 0.4) is 0 Å². The number of hydrogen-bond donors (Lipinski definition) is 1. The van der Waals surface area contributed by atoms with Crippen LogP contribution in [-0.2, 0) is 0 Å². The summed E-state index contributed by atoms with van der Waals surface area (Å²) in [6, 6.07) is 1.91. The van der Waals surface area contributed by atoms with Crippen LogP contribution in [-0.4, -0.2) is 10.1 Å². The quantitative estimate of drug-likeness (QED) is 0.699. The number of aliphatic hydroxyl groups is 1. The van der Waals surface area contributed by atoms with E-state index in [9.17, 15) is 5.11 Å². The molecule has 1 N–H and O–H groups in total. The topological polar surface area (TPSA) is 33.1 Å². The SMILES string of the molecule is CC[C@H](O)c1cnccc1C. The fourth-order valence-corrected chi connectivity index (χ4v) is 1.04. The number of nitrogens with zero attached hydrogens (tertiary/aromatic N) is 1. The number of pyridine rings is 1. The van der Waals surface area contributed by atoms with Crippen LogP contribution in [0.25, 0.3) is 0 Å². The monoisotopic (exact) mass is 151 g/mol. The van der Waals surface area contributed by atoms with Crippen molar-refractivity contribution in [1.29, 1.82) is 0 Å². The Morgan fingerprint density at radius 2 is 2.36 bits per heavy atom. The number of aromatic nitrogens is 1. The van der Waals surface area contributed by atoms with E-state index in [1.54, 1.807) is 12.4 Å². The van der Waals surface area contributed by atoms with Crippen molar-refractivity contribution in [2.75, 3.05) is 0 Å². The summed E-state index contributed by atoms with van der Waals surface area (Å²) in [4.78, 5) is 3.95. The molecule has 0 amide bonds. The highest BCUT2D eigenvalue weighted by Gasteiger charge is 2.06. The van der Waals surface area contributed by atoms with E-state index < -0.39 is 0 Å². The fraction of sp³-hybridized carbons (Fsp3) is 0.444. The molecule has 0 unspecified atom stereocenters. The van der Waals surface area contributed by atoms with Crippen LogP contribution in [0.5, 0.6) is 0 Å². The fourth-order valence-electron chi connectivity index (χ4n) is 1.04. The molecule has 0 saturated heterocycles. The van der Waals surface area contributed by atoms with Crippen molar-refractivity contribution in [2.24, 2.45) is 0 Å². The molecule has 1 heterocycles. The Hall–Kier alpha value is -0.890. The second-order valence-corrected chi connectivity index (χ2v) is 2.66. The summed E-state index contributed by atoms with van der Waals surface area (Å²) in [5.41, 5.74) is 2.05. The molecule has 0 aliphatic heterocycles. The molecule has 1 aromatic heterocycles. The van der Waals surface area contributed by atoms with Crippen LogP contribution >= 0.6 is 0 Å². The minimum atomic E-state index is -0.358. The van der Waals surface area contributed by atoms with Gasteiger partial charge in [-0.2, -0.15) is 0 Å². The highest BCUT2D eigenvalue weighted by atomic mass is 16.3. The Labute approximate surface area is 66.9 Å². The maximum absolute atomic E-state index is 9.47. The molecule has 0 bridgehead atoms. The number of hydrogen-bond acceptors (Lipinski definition) is 2. The summed E-state index contributed by atoms with van der Waals surface area (Å²) in [5.74, 6) is 0. The molecule has 0 aliphatic carbocycles. The lowest BCUT2D eigenvalue weighted by Gasteiger charge is -2.09. The Morgan fingerprint density at radius 1 is 1.64 bits per heavy atom. The zero-order valence-electron chi connectivity index (χ0n) is 6.91. The zero-order chi connectivity index (χ0) is 8.27. The first-order chi connectivity index (χ1) is 5.25. The van der Waals surface area contributed by atoms with Crippen LogP contribution in [0.15, 0.2) is 18.5 Å². The maximum Gasteiger partial charge on any atom is 0.0804 e. The molecular weight excluding hydrogens is 138 g/mol. The lowest BCUT2D eigenvalue weighted by atomic mass is 10.1. The predicted molar refractivity (Wildman–Crippen MR) is 44.2 cm³/mol. The van der Waals surface area contributed by atoms with Gasteiger partial charge in [0.2, 0.25) is 0 Å². The second kappa shape index (κ2) is 3.49. The second-order valence-electron chi connectivity index (χ2n) is 2.66. The molecule has 0 radical (unpaired) electrons. The van der Waals surface area contributed by atoms with E-state index in [1.807, 2.05) is 19.9 Å². The summed E-state index contributed by atoms with van der Waals surface area (Å²) in [7, 11) is 0. The van der Waals surface area contributed by atoms with Crippen LogP contribution in [0.1, 0.15) is 30.6 Å². The van der Waals surface area contributed by atoms with Gasteiger partial charge in [0.05, 0.1) is 6.10 Å². The largest absolute Gasteiger partial charge is 0.388 e. The Kier molecular flexibility index (Phi) is 2.60. The minimum Gasteiger partial charge on any atom is -0.388 e. The number of rotatable bonds is 2. The molecule has 0 aromatic carbocycles. The van der Waals surface area contributed by atoms with Crippen molar-refractivity contribution in [3.05, 3.63) is 29.6 Å². The first-order valence-electron chi connectivity index (χ1n) is 3.84. The molecule has 0 spiro atoms. The van der Waals surface area contributed by atoms with E-state index in [2.05, 4.69) is 4.98 Å². The van der Waals surface area contributed by atoms with Crippen molar-refractivity contribution in [3.63, 3.8) is 0 Å². The third kappa shape index (κ3) is 1.77. The van der Waals surface area contributed by atoms with Gasteiger partial charge in [-0.25, -0.2) is 0 Å². The van der Waals surface area contributed by atoms with Crippen LogP contribution in [0.4, 0.5) is 0 Å². The molecule has 2 nitrogen and oxygen atoms in total. The van der Waals surface area contributed by atoms with Gasteiger partial charge in [0, 0.05) is 18.0 Å². The summed E-state index contributed by atoms with van der Waals surface area (Å²) in [6.07, 6.45) is 3.85. The van der Waals surface area contributed by atoms with Gasteiger partial charge in [-0.05, 0) is 25.0 Å². The van der Waals surface area contributed by atoms with Crippen molar-refractivity contribution < 1.29 is 5.11 Å². The van der Waals surface area contributed by atoms with Crippen molar-refractivity contribution in [1.82, 2.24) is 4.98 Å². The third-order valence-electron chi connectivity index (χ3n) is 1.83. The van der Waals surface area contributed by atoms with Gasteiger partial charge in [0.25, 0.3) is 0 Å². The predicted octanol–water partition coefficient (Wildman–Crippen LogP) is 1.83. The van der Waals surface area contributed by atoms with Gasteiger partial charge in [0.1, 0.15) is 0 Å². The molecule has 2 heteroatoms. The third-order valence-corrected chi connectivity index (χ3v) is 1.83. The van der Waals surface area contributed by atoms with Gasteiger partial charge < -0.3 is 5.11 Å². The summed E-state index contributed by atoms with van der Waals surface area (Å²) < 4.78 is 0. The van der Waals surface area contributed by atoms with Crippen molar-refractivity contribution >= 4 is 0 Å². The van der Waals surface area contributed by atoms with Crippen LogP contribution in [0, 0.1) is 6.92 Å². The van der Waals surface area contributed by atoms with Crippen molar-refractivity contribution in [2.45, 2.75) is 26.4 Å². The Balaban J connectivity index is 2.93. The standard InChI is InChI=1S/C9H13NO/c1-3-9(11)8-6-10-5-4-7(8)2/h4-6,9,11H,3H2,1-2H3/t9-/m0/s1. The minimum absolute atomic E-state index is 0.358. The van der Waals surface area contributed by atoms with E-state index in [4.69, 9.17) is 0 Å². The molecule has 1 aromatic rings. The average Bonchev–Trinajstić information content (AvgIpc) is 2.04. The molecule has 0 fully saturated rings. The lowest BCUT2D eigenvalue weighted by Crippen LogP contribution is -1.98. The highest BCUT2D eigenvalue weighted by molar-refractivity contribution is 5.23. The van der Waals surface area contributed by atoms with E-state index in [1.165, 1.54) is 0 Å². The van der Waals surface area contributed by atoms with Crippen LogP contribution in [0.2, 0.25) is 0 Å². The smallest absolute Gasteiger partial charge is 0.0804 e. The molecule has 0 aliphatic rings. The normalized spacial score (nSPS) is 13.0. The summed E-state index contributed by atoms with van der Waals surface area (Å²) >= 11 is 0. The van der Waals surface area contributed by atoms with Crippen molar-refractivity contribution in [3.8, 4) is 0 Å². The highest BCUT2D eigenvalue weighted by Crippen LogP contribution is 2.17. The van der Waals surface area contributed by atoms with E-state index in [0.717, 1.165) is 17.5 Å². The number of aliphatic hydroxyl groups excluding tert-OH is 1. The summed E-state index contributed by atoms with van der Waals surface area (Å²) in [6.45, 7) is 3.94. The zero-order valence-corrected chi connectivity index (χ0v) is 6.91. The van der Waals surface area contributed by atoms with E-state index >= 15 is 0 Å². The molecule has 11 heavy (non-hydrogen) atoms. The molecule has 1 rings (SSSR count). The molecule has 60 valence electrons. The van der Waals surface area contributed by atoms with Gasteiger partial charge in [0.15, 0.2) is 0 Å². The molecule has 0 saturated carbocycles. The van der Waals surface area contributed by atoms with E-state index in [-0.39, 0.29) is 6.10 Å². The average molecular weight is 151 g/mol.